The minimum atomic E-state index is -4.63. The van der Waals surface area contributed by atoms with E-state index in [9.17, 15) is 18.0 Å². The molecule has 1 saturated carbocycles. The van der Waals surface area contributed by atoms with Crippen LogP contribution in [0.25, 0.3) is 0 Å². The lowest BCUT2D eigenvalue weighted by Crippen LogP contribution is -2.16. The SMILES string of the molecule is CSc1nc(NC(=O)c2coc(C3CC3)n2)cc(C(F)(F)F)n1. The highest BCUT2D eigenvalue weighted by Crippen LogP contribution is 2.39. The maximum atomic E-state index is 12.8. The number of rotatable bonds is 4. The van der Waals surface area contributed by atoms with E-state index >= 15 is 0 Å². The first kappa shape index (κ1) is 15.8. The first-order valence-corrected chi connectivity index (χ1v) is 7.86. The first-order valence-electron chi connectivity index (χ1n) is 6.64. The fourth-order valence-electron chi connectivity index (χ4n) is 1.82. The molecule has 0 radical (unpaired) electrons. The number of alkyl halides is 3. The van der Waals surface area contributed by atoms with Crippen LogP contribution >= 0.6 is 11.8 Å². The molecule has 6 nitrogen and oxygen atoms in total. The summed E-state index contributed by atoms with van der Waals surface area (Å²) < 4.78 is 43.6. The van der Waals surface area contributed by atoms with Gasteiger partial charge in [-0.25, -0.2) is 15.0 Å². The van der Waals surface area contributed by atoms with Crippen LogP contribution in [0.5, 0.6) is 0 Å². The van der Waals surface area contributed by atoms with Crippen LogP contribution in [0.2, 0.25) is 0 Å². The normalized spacial score (nSPS) is 14.8. The third-order valence-corrected chi connectivity index (χ3v) is 3.65. The number of hydrogen-bond donors (Lipinski definition) is 1. The summed E-state index contributed by atoms with van der Waals surface area (Å²) in [6, 6.07) is 0.680. The molecule has 10 heteroatoms. The van der Waals surface area contributed by atoms with Crippen LogP contribution in [-0.2, 0) is 6.18 Å². The molecular formula is C13H11F3N4O2S. The van der Waals surface area contributed by atoms with E-state index < -0.39 is 17.8 Å². The summed E-state index contributed by atoms with van der Waals surface area (Å²) in [4.78, 5) is 23.3. The second-order valence-corrected chi connectivity index (χ2v) is 5.70. The van der Waals surface area contributed by atoms with Gasteiger partial charge in [-0.1, -0.05) is 11.8 Å². The Hall–Kier alpha value is -2.10. The summed E-state index contributed by atoms with van der Waals surface area (Å²) in [5, 5.41) is 2.20. The Morgan fingerprint density at radius 3 is 2.70 bits per heavy atom. The zero-order valence-electron chi connectivity index (χ0n) is 11.8. The molecule has 1 fully saturated rings. The highest BCUT2D eigenvalue weighted by Gasteiger charge is 2.34. The minimum absolute atomic E-state index is 0.00442. The number of halogens is 3. The summed E-state index contributed by atoms with van der Waals surface area (Å²) in [5.74, 6) is -0.216. The molecule has 0 bridgehead atoms. The van der Waals surface area contributed by atoms with Gasteiger partial charge in [0, 0.05) is 12.0 Å². The summed E-state index contributed by atoms with van der Waals surface area (Å²) >= 11 is 0.945. The van der Waals surface area contributed by atoms with Gasteiger partial charge in [-0.15, -0.1) is 0 Å². The Bertz CT molecular complexity index is 743. The van der Waals surface area contributed by atoms with Gasteiger partial charge < -0.3 is 9.73 Å². The van der Waals surface area contributed by atoms with Crippen LogP contribution in [-0.4, -0.2) is 27.1 Å². The predicted molar refractivity (Wildman–Crippen MR) is 75.2 cm³/mol. The summed E-state index contributed by atoms with van der Waals surface area (Å²) in [5.41, 5.74) is -1.12. The number of nitrogens with zero attached hydrogens (tertiary/aromatic N) is 3. The smallest absolute Gasteiger partial charge is 0.433 e. The van der Waals surface area contributed by atoms with Crippen molar-refractivity contribution in [1.29, 1.82) is 0 Å². The Morgan fingerprint density at radius 1 is 1.35 bits per heavy atom. The number of carbonyl (C=O) groups excluding carboxylic acids is 1. The number of oxazole rings is 1. The molecule has 23 heavy (non-hydrogen) atoms. The van der Waals surface area contributed by atoms with Crippen molar-refractivity contribution in [2.45, 2.75) is 30.1 Å². The maximum Gasteiger partial charge on any atom is 0.433 e. The van der Waals surface area contributed by atoms with E-state index in [1.807, 2.05) is 0 Å². The van der Waals surface area contributed by atoms with E-state index in [4.69, 9.17) is 4.42 Å². The van der Waals surface area contributed by atoms with Gasteiger partial charge >= 0.3 is 6.18 Å². The number of amides is 1. The standard InChI is InChI=1S/C13H11F3N4O2S/c1-23-12-18-8(13(14,15)16)4-9(20-12)19-10(21)7-5-22-11(17-7)6-2-3-6/h4-6H,2-3H2,1H3,(H,18,19,20,21). The molecular weight excluding hydrogens is 333 g/mol. The Kier molecular flexibility index (Phi) is 4.00. The highest BCUT2D eigenvalue weighted by atomic mass is 32.2. The van der Waals surface area contributed by atoms with Crippen molar-refractivity contribution >= 4 is 23.5 Å². The molecule has 2 aromatic rings. The van der Waals surface area contributed by atoms with Crippen LogP contribution in [0.3, 0.4) is 0 Å². The second-order valence-electron chi connectivity index (χ2n) is 4.92. The average Bonchev–Trinajstić information content (AvgIpc) is 3.23. The van der Waals surface area contributed by atoms with Crippen LogP contribution in [0.15, 0.2) is 21.9 Å². The molecule has 1 aliphatic carbocycles. The summed E-state index contributed by atoms with van der Waals surface area (Å²) in [6.07, 6.45) is 0.0178. The number of hydrogen-bond acceptors (Lipinski definition) is 6. The molecule has 122 valence electrons. The molecule has 2 aromatic heterocycles. The van der Waals surface area contributed by atoms with Crippen LogP contribution in [0.1, 0.15) is 40.8 Å². The molecule has 1 amide bonds. The molecule has 0 saturated heterocycles. The highest BCUT2D eigenvalue weighted by molar-refractivity contribution is 7.98. The van der Waals surface area contributed by atoms with Crippen molar-refractivity contribution < 1.29 is 22.4 Å². The monoisotopic (exact) mass is 344 g/mol. The van der Waals surface area contributed by atoms with Gasteiger partial charge in [0.05, 0.1) is 0 Å². The number of anilines is 1. The molecule has 1 N–H and O–H groups in total. The van der Waals surface area contributed by atoms with Gasteiger partial charge in [0.2, 0.25) is 0 Å². The number of aromatic nitrogens is 3. The van der Waals surface area contributed by atoms with E-state index in [1.54, 1.807) is 6.26 Å². The number of nitrogens with one attached hydrogen (secondary N) is 1. The average molecular weight is 344 g/mol. The maximum absolute atomic E-state index is 12.8. The fraction of sp³-hybridized carbons (Fsp3) is 0.385. The summed E-state index contributed by atoms with van der Waals surface area (Å²) in [6.45, 7) is 0. The number of thioether (sulfide) groups is 1. The van der Waals surface area contributed by atoms with Crippen LogP contribution < -0.4 is 5.32 Å². The lowest BCUT2D eigenvalue weighted by Gasteiger charge is -2.09. The van der Waals surface area contributed by atoms with Gasteiger partial charge in [0.1, 0.15) is 12.1 Å². The van der Waals surface area contributed by atoms with Gasteiger partial charge in [-0.3, -0.25) is 4.79 Å². The Balaban J connectivity index is 1.81. The molecule has 0 aromatic carbocycles. The molecule has 0 atom stereocenters. The largest absolute Gasteiger partial charge is 0.448 e. The quantitative estimate of drug-likeness (QED) is 0.677. The topological polar surface area (TPSA) is 80.9 Å². The van der Waals surface area contributed by atoms with Crippen molar-refractivity contribution in [2.24, 2.45) is 0 Å². The molecule has 0 unspecified atom stereocenters. The van der Waals surface area contributed by atoms with Crippen molar-refractivity contribution in [1.82, 2.24) is 15.0 Å². The number of carbonyl (C=O) groups is 1. The van der Waals surface area contributed by atoms with E-state index in [0.717, 1.165) is 24.6 Å². The van der Waals surface area contributed by atoms with Crippen molar-refractivity contribution in [3.63, 3.8) is 0 Å². The van der Waals surface area contributed by atoms with E-state index in [-0.39, 0.29) is 22.6 Å². The molecule has 0 spiro atoms. The minimum Gasteiger partial charge on any atom is -0.448 e. The van der Waals surface area contributed by atoms with Gasteiger partial charge in [0.15, 0.2) is 22.4 Å². The van der Waals surface area contributed by atoms with Crippen LogP contribution in [0.4, 0.5) is 19.0 Å². The van der Waals surface area contributed by atoms with E-state index in [2.05, 4.69) is 20.3 Å². The van der Waals surface area contributed by atoms with Crippen molar-refractivity contribution in [3.8, 4) is 0 Å². The lowest BCUT2D eigenvalue weighted by atomic mass is 10.3. The van der Waals surface area contributed by atoms with Crippen molar-refractivity contribution in [2.75, 3.05) is 11.6 Å². The van der Waals surface area contributed by atoms with Gasteiger partial charge in [-0.2, -0.15) is 13.2 Å². The lowest BCUT2D eigenvalue weighted by molar-refractivity contribution is -0.141. The van der Waals surface area contributed by atoms with Gasteiger partial charge in [0.25, 0.3) is 5.91 Å². The predicted octanol–water partition coefficient (Wildman–Crippen LogP) is 3.34. The van der Waals surface area contributed by atoms with E-state index in [0.29, 0.717) is 12.0 Å². The first-order chi connectivity index (χ1) is 10.9. The zero-order valence-corrected chi connectivity index (χ0v) is 12.7. The van der Waals surface area contributed by atoms with E-state index in [1.165, 1.54) is 6.26 Å². The third-order valence-electron chi connectivity index (χ3n) is 3.10. The molecule has 2 heterocycles. The molecule has 3 rings (SSSR count). The molecule has 0 aliphatic heterocycles. The Morgan fingerprint density at radius 2 is 2.09 bits per heavy atom. The zero-order chi connectivity index (χ0) is 16.6. The van der Waals surface area contributed by atoms with Crippen molar-refractivity contribution in [3.05, 3.63) is 29.6 Å². The Labute approximate surface area is 132 Å². The molecule has 1 aliphatic rings. The third kappa shape index (κ3) is 3.63. The van der Waals surface area contributed by atoms with Gasteiger partial charge in [-0.05, 0) is 19.1 Å². The second kappa shape index (κ2) is 5.84. The fourth-order valence-corrected chi connectivity index (χ4v) is 2.19. The van der Waals surface area contributed by atoms with Crippen LogP contribution in [0, 0.1) is 0 Å². The summed E-state index contributed by atoms with van der Waals surface area (Å²) in [7, 11) is 0.